The van der Waals surface area contributed by atoms with Crippen LogP contribution in [0, 0.1) is 0 Å². The smallest absolute Gasteiger partial charge is 0.321 e. The van der Waals surface area contributed by atoms with Gasteiger partial charge in [0.05, 0.1) is 10.1 Å². The SMILES string of the molecule is CN(C)c1cccc2c(S(=O)(=O)C(CCCN)[C@H](N)C(=O)O)cccc12. The van der Waals surface area contributed by atoms with Gasteiger partial charge in [-0.1, -0.05) is 24.3 Å². The summed E-state index contributed by atoms with van der Waals surface area (Å²) < 4.78 is 26.6. The summed E-state index contributed by atoms with van der Waals surface area (Å²) in [6, 6.07) is 8.89. The molecular weight excluding hydrogens is 354 g/mol. The van der Waals surface area contributed by atoms with E-state index < -0.39 is 27.1 Å². The van der Waals surface area contributed by atoms with Crippen LogP contribution in [0.5, 0.6) is 0 Å². The number of hydrogen-bond acceptors (Lipinski definition) is 6. The molecule has 5 N–H and O–H groups in total. The molecule has 7 nitrogen and oxygen atoms in total. The summed E-state index contributed by atoms with van der Waals surface area (Å²) >= 11 is 0. The Morgan fingerprint density at radius 1 is 1.15 bits per heavy atom. The molecule has 0 radical (unpaired) electrons. The molecule has 0 saturated carbocycles. The van der Waals surface area contributed by atoms with E-state index in [1.165, 1.54) is 6.07 Å². The first-order valence-corrected chi connectivity index (χ1v) is 9.88. The minimum Gasteiger partial charge on any atom is -0.480 e. The topological polar surface area (TPSA) is 127 Å². The van der Waals surface area contributed by atoms with Crippen LogP contribution in [0.15, 0.2) is 41.3 Å². The van der Waals surface area contributed by atoms with Crippen LogP contribution in [0.4, 0.5) is 5.69 Å². The minimum atomic E-state index is -3.97. The third-order valence-electron chi connectivity index (χ3n) is 4.42. The molecule has 2 rings (SSSR count). The number of sulfone groups is 1. The number of carboxylic acid groups (broad SMARTS) is 1. The van der Waals surface area contributed by atoms with Crippen molar-refractivity contribution in [1.82, 2.24) is 0 Å². The molecule has 0 heterocycles. The van der Waals surface area contributed by atoms with Crippen molar-refractivity contribution < 1.29 is 18.3 Å². The van der Waals surface area contributed by atoms with Gasteiger partial charge < -0.3 is 21.5 Å². The van der Waals surface area contributed by atoms with Crippen LogP contribution < -0.4 is 16.4 Å². The third-order valence-corrected chi connectivity index (χ3v) is 6.72. The van der Waals surface area contributed by atoms with Crippen molar-refractivity contribution in [2.24, 2.45) is 11.5 Å². The first kappa shape index (κ1) is 20.2. The first-order chi connectivity index (χ1) is 12.2. The molecule has 0 saturated heterocycles. The van der Waals surface area contributed by atoms with Crippen molar-refractivity contribution in [2.75, 3.05) is 25.5 Å². The van der Waals surface area contributed by atoms with Crippen molar-refractivity contribution >= 4 is 32.3 Å². The standard InChI is InChI=1S/C18H25N3O4S/c1-21(2)14-8-3-7-13-12(14)6-4-9-15(13)26(24,25)16(10-5-11-19)17(20)18(22)23/h3-4,6-9,16-17H,5,10-11,19-20H2,1-2H3,(H,22,23)/t16?,17-/m0/s1. The molecular formula is C18H25N3O4S. The normalized spacial score (nSPS) is 14.2. The molecule has 0 aliphatic carbocycles. The second-order valence-electron chi connectivity index (χ2n) is 6.40. The lowest BCUT2D eigenvalue weighted by molar-refractivity contribution is -0.138. The lowest BCUT2D eigenvalue weighted by Gasteiger charge is -2.23. The highest BCUT2D eigenvalue weighted by molar-refractivity contribution is 7.92. The number of nitrogens with zero attached hydrogens (tertiary/aromatic N) is 1. The second kappa shape index (κ2) is 8.03. The Balaban J connectivity index is 2.67. The van der Waals surface area contributed by atoms with Crippen molar-refractivity contribution in [2.45, 2.75) is 29.0 Å². The largest absolute Gasteiger partial charge is 0.480 e. The number of nitrogens with two attached hydrogens (primary N) is 2. The molecule has 0 bridgehead atoms. The van der Waals surface area contributed by atoms with Crippen molar-refractivity contribution in [1.29, 1.82) is 0 Å². The highest BCUT2D eigenvalue weighted by Gasteiger charge is 2.37. The van der Waals surface area contributed by atoms with E-state index in [-0.39, 0.29) is 17.9 Å². The van der Waals surface area contributed by atoms with Crippen LogP contribution in [0.1, 0.15) is 12.8 Å². The fraction of sp³-hybridized carbons (Fsp3) is 0.389. The van der Waals surface area contributed by atoms with E-state index in [9.17, 15) is 18.3 Å². The van der Waals surface area contributed by atoms with Gasteiger partial charge in [0.15, 0.2) is 9.84 Å². The average Bonchev–Trinajstić information content (AvgIpc) is 2.60. The molecule has 142 valence electrons. The monoisotopic (exact) mass is 379 g/mol. The number of aliphatic carboxylic acids is 1. The Morgan fingerprint density at radius 3 is 2.35 bits per heavy atom. The van der Waals surface area contributed by atoms with E-state index in [2.05, 4.69) is 0 Å². The van der Waals surface area contributed by atoms with E-state index in [0.717, 1.165) is 11.1 Å². The van der Waals surface area contributed by atoms with Crippen LogP contribution in [0.2, 0.25) is 0 Å². The van der Waals surface area contributed by atoms with Gasteiger partial charge in [0, 0.05) is 30.6 Å². The number of rotatable bonds is 8. The van der Waals surface area contributed by atoms with Gasteiger partial charge in [-0.25, -0.2) is 8.42 Å². The van der Waals surface area contributed by atoms with Gasteiger partial charge in [-0.2, -0.15) is 0 Å². The first-order valence-electron chi connectivity index (χ1n) is 8.33. The summed E-state index contributed by atoms with van der Waals surface area (Å²) in [5.74, 6) is -1.34. The molecule has 0 aliphatic rings. The van der Waals surface area contributed by atoms with E-state index in [4.69, 9.17) is 11.5 Å². The van der Waals surface area contributed by atoms with E-state index >= 15 is 0 Å². The molecule has 0 aliphatic heterocycles. The fourth-order valence-corrected chi connectivity index (χ4v) is 5.13. The average molecular weight is 379 g/mol. The van der Waals surface area contributed by atoms with Crippen LogP contribution in [-0.4, -0.2) is 51.4 Å². The highest BCUT2D eigenvalue weighted by atomic mass is 32.2. The maximum Gasteiger partial charge on any atom is 0.321 e. The van der Waals surface area contributed by atoms with Crippen molar-refractivity contribution in [3.63, 3.8) is 0 Å². The van der Waals surface area contributed by atoms with E-state index in [0.29, 0.717) is 11.8 Å². The van der Waals surface area contributed by atoms with Gasteiger partial charge in [0.25, 0.3) is 0 Å². The summed E-state index contributed by atoms with van der Waals surface area (Å²) in [7, 11) is -0.216. The number of fused-ring (bicyclic) bond motifs is 1. The van der Waals surface area contributed by atoms with E-state index in [1.807, 2.05) is 31.1 Å². The number of benzene rings is 2. The van der Waals surface area contributed by atoms with Crippen LogP contribution in [0.3, 0.4) is 0 Å². The van der Waals surface area contributed by atoms with Crippen LogP contribution >= 0.6 is 0 Å². The Hall–Kier alpha value is -2.16. The molecule has 2 atom stereocenters. The third kappa shape index (κ3) is 3.82. The van der Waals surface area contributed by atoms with Gasteiger partial charge in [-0.3, -0.25) is 4.79 Å². The molecule has 2 aromatic carbocycles. The minimum absolute atomic E-state index is 0.0933. The quantitative estimate of drug-likeness (QED) is 0.629. The zero-order valence-corrected chi connectivity index (χ0v) is 15.7. The van der Waals surface area contributed by atoms with Crippen LogP contribution in [-0.2, 0) is 14.6 Å². The number of anilines is 1. The zero-order valence-electron chi connectivity index (χ0n) is 14.9. The highest BCUT2D eigenvalue weighted by Crippen LogP contribution is 2.33. The molecule has 0 spiro atoms. The maximum absolute atomic E-state index is 13.3. The molecule has 0 fully saturated rings. The van der Waals surface area contributed by atoms with E-state index in [1.54, 1.807) is 18.2 Å². The van der Waals surface area contributed by atoms with Crippen LogP contribution in [0.25, 0.3) is 10.8 Å². The number of carboxylic acids is 1. The molecule has 8 heteroatoms. The number of hydrogen-bond donors (Lipinski definition) is 3. The predicted octanol–water partition coefficient (Wildman–Crippen LogP) is 1.20. The van der Waals surface area contributed by atoms with Gasteiger partial charge in [-0.05, 0) is 31.5 Å². The molecule has 0 amide bonds. The lowest BCUT2D eigenvalue weighted by Crippen LogP contribution is -2.46. The van der Waals surface area contributed by atoms with Gasteiger partial charge in [0.2, 0.25) is 0 Å². The summed E-state index contributed by atoms with van der Waals surface area (Å²) in [4.78, 5) is 13.4. The Labute approximate surface area is 153 Å². The summed E-state index contributed by atoms with van der Waals surface area (Å²) in [6.45, 7) is 0.263. The zero-order chi connectivity index (χ0) is 19.5. The summed E-state index contributed by atoms with van der Waals surface area (Å²) in [5.41, 5.74) is 12.1. The Morgan fingerprint density at radius 2 is 1.77 bits per heavy atom. The van der Waals surface area contributed by atoms with Crippen molar-refractivity contribution in [3.05, 3.63) is 36.4 Å². The molecule has 0 aromatic heterocycles. The summed E-state index contributed by atoms with van der Waals surface area (Å²) in [6.07, 6.45) is 0.467. The van der Waals surface area contributed by atoms with Gasteiger partial charge in [-0.15, -0.1) is 0 Å². The van der Waals surface area contributed by atoms with Gasteiger partial charge in [0.1, 0.15) is 6.04 Å². The maximum atomic E-state index is 13.3. The number of carbonyl (C=O) groups is 1. The summed E-state index contributed by atoms with van der Waals surface area (Å²) in [5, 5.41) is 9.35. The van der Waals surface area contributed by atoms with Gasteiger partial charge >= 0.3 is 5.97 Å². The fourth-order valence-electron chi connectivity index (χ4n) is 3.07. The lowest BCUT2D eigenvalue weighted by atomic mass is 10.1. The Bertz CT molecular complexity index is 896. The Kier molecular flexibility index (Phi) is 6.22. The second-order valence-corrected chi connectivity index (χ2v) is 8.54. The molecule has 26 heavy (non-hydrogen) atoms. The molecule has 1 unspecified atom stereocenters. The molecule has 2 aromatic rings. The van der Waals surface area contributed by atoms with Crippen molar-refractivity contribution in [3.8, 4) is 0 Å². The predicted molar refractivity (Wildman–Crippen MR) is 103 cm³/mol.